The van der Waals surface area contributed by atoms with Crippen LogP contribution in [0.4, 0.5) is 0 Å². The number of hydrogen-bond acceptors (Lipinski definition) is 0. The predicted molar refractivity (Wildman–Crippen MR) is 186 cm³/mol. The van der Waals surface area contributed by atoms with Crippen LogP contribution in [0.25, 0.3) is 21.5 Å². The molecule has 0 radical (unpaired) electrons. The van der Waals surface area contributed by atoms with Gasteiger partial charge in [-0.3, -0.25) is 6.08 Å². The van der Waals surface area contributed by atoms with Gasteiger partial charge in [-0.25, -0.2) is 12.2 Å². The van der Waals surface area contributed by atoms with Crippen LogP contribution in [0.2, 0.25) is 0 Å². The third-order valence-electron chi connectivity index (χ3n) is 7.84. The van der Waals surface area contributed by atoms with Gasteiger partial charge < -0.3 is 24.8 Å². The van der Waals surface area contributed by atoms with E-state index in [0.29, 0.717) is 0 Å². The molecule has 0 amide bonds. The van der Waals surface area contributed by atoms with E-state index in [-0.39, 0.29) is 35.6 Å². The van der Waals surface area contributed by atoms with Crippen molar-refractivity contribution < 1.29 is 49.0 Å². The van der Waals surface area contributed by atoms with Gasteiger partial charge in [-0.1, -0.05) is 76.9 Å². The van der Waals surface area contributed by atoms with E-state index in [9.17, 15) is 0 Å². The van der Waals surface area contributed by atoms with Gasteiger partial charge in [0.1, 0.15) is 0 Å². The van der Waals surface area contributed by atoms with Crippen LogP contribution < -0.4 is 24.8 Å². The molecule has 0 aliphatic heterocycles. The Morgan fingerprint density at radius 3 is 1.58 bits per heavy atom. The molecular formula is C42H46Cl2Zr-2. The zero-order chi connectivity index (χ0) is 30.9. The number of halogens is 2. The summed E-state index contributed by atoms with van der Waals surface area (Å²) in [6.07, 6.45) is 13.5. The van der Waals surface area contributed by atoms with Crippen molar-refractivity contribution in [2.45, 2.75) is 78.1 Å². The first-order valence-corrected chi connectivity index (χ1v) is 16.7. The van der Waals surface area contributed by atoms with Crippen LogP contribution in [-0.2, 0) is 47.9 Å². The second-order valence-corrected chi connectivity index (χ2v) is 15.2. The fraction of sp³-hybridized carbons (Fsp3) is 0.286. The SMILES string of the molecule is CC(C)(C)c1ccc2c(c1)[cH-]c1cc(C(C)(C)C)ccc12.[C-]1=CC=CC1.[Cl-].[Cl-].[Zr+2]=[C](CCc1ccccc1)Cc1ccccc1. The minimum absolute atomic E-state index is 0. The van der Waals surface area contributed by atoms with E-state index in [0.717, 1.165) is 12.8 Å². The molecule has 0 saturated carbocycles. The maximum atomic E-state index is 2.99. The standard InChI is InChI=1S/C21H25.C16H16.C5H5.2ClH.Zr/c1-20(2,3)16-7-9-18-14(12-16)11-15-13-17(21(4,5)6)8-10-19(15)18;1-3-9-15(10-4-1)13-7-8-14-16-11-5-2-6-12-16;1-2-4-5-3-1;;;/h7-13H,1-6H3;1-6,9-12H,7,13-14H2;1-3H,4H2;2*1H;/q-1;;-1;;;+2/p-2. The van der Waals surface area contributed by atoms with Crippen molar-refractivity contribution in [1.82, 2.24) is 0 Å². The molecule has 0 spiro atoms. The second-order valence-electron chi connectivity index (χ2n) is 13.5. The molecule has 0 atom stereocenters. The molecule has 0 fully saturated rings. The first-order chi connectivity index (χ1) is 20.5. The topological polar surface area (TPSA) is 0 Å². The van der Waals surface area contributed by atoms with E-state index in [1.807, 2.05) is 12.2 Å². The molecule has 45 heavy (non-hydrogen) atoms. The first-order valence-electron chi connectivity index (χ1n) is 15.5. The summed E-state index contributed by atoms with van der Waals surface area (Å²) >= 11 is 1.57. The predicted octanol–water partition coefficient (Wildman–Crippen LogP) is 5.20. The van der Waals surface area contributed by atoms with Crippen molar-refractivity contribution in [3.05, 3.63) is 150 Å². The van der Waals surface area contributed by atoms with Gasteiger partial charge in [-0.15, -0.1) is 46.2 Å². The number of hydrogen-bond donors (Lipinski definition) is 0. The van der Waals surface area contributed by atoms with Crippen LogP contribution in [0.15, 0.2) is 121 Å². The third kappa shape index (κ3) is 12.0. The average molecular weight is 713 g/mol. The van der Waals surface area contributed by atoms with Gasteiger partial charge in [-0.2, -0.15) is 6.08 Å². The molecule has 0 aromatic heterocycles. The number of aryl methyl sites for hydroxylation is 1. The Balaban J connectivity index is 0.000000265. The normalized spacial score (nSPS) is 12.0. The maximum absolute atomic E-state index is 2.99. The first kappa shape index (κ1) is 38.7. The molecule has 0 unspecified atom stereocenters. The molecule has 0 saturated heterocycles. The van der Waals surface area contributed by atoms with Crippen molar-refractivity contribution in [3.8, 4) is 0 Å². The molecule has 3 heteroatoms. The number of rotatable bonds is 5. The van der Waals surface area contributed by atoms with Crippen LogP contribution in [0, 0.1) is 6.08 Å². The van der Waals surface area contributed by atoms with Gasteiger partial charge in [-0.05, 0) is 10.8 Å². The van der Waals surface area contributed by atoms with Crippen LogP contribution in [0.3, 0.4) is 0 Å². The van der Waals surface area contributed by atoms with Crippen LogP contribution in [0.1, 0.15) is 76.6 Å². The van der Waals surface area contributed by atoms with E-state index in [1.165, 1.54) is 56.6 Å². The summed E-state index contributed by atoms with van der Waals surface area (Å²) in [6.45, 7) is 13.6. The molecule has 6 rings (SSSR count). The van der Waals surface area contributed by atoms with E-state index in [1.54, 1.807) is 27.4 Å². The van der Waals surface area contributed by atoms with Crippen LogP contribution in [-0.4, -0.2) is 3.21 Å². The monoisotopic (exact) mass is 710 g/mol. The summed E-state index contributed by atoms with van der Waals surface area (Å²) in [7, 11) is 0. The quantitative estimate of drug-likeness (QED) is 0.220. The zero-order valence-electron chi connectivity index (χ0n) is 27.6. The fourth-order valence-corrected chi connectivity index (χ4v) is 5.98. The van der Waals surface area contributed by atoms with Crippen molar-refractivity contribution in [1.29, 1.82) is 0 Å². The van der Waals surface area contributed by atoms with E-state index >= 15 is 0 Å². The molecule has 0 heterocycles. The van der Waals surface area contributed by atoms with Gasteiger partial charge >= 0.3 is 118 Å². The fourth-order valence-electron chi connectivity index (χ4n) is 5.17. The van der Waals surface area contributed by atoms with E-state index in [2.05, 4.69) is 157 Å². The number of allylic oxidation sites excluding steroid dienone is 4. The summed E-state index contributed by atoms with van der Waals surface area (Å²) in [5.41, 5.74) is 6.10. The van der Waals surface area contributed by atoms with E-state index in [4.69, 9.17) is 0 Å². The molecule has 0 N–H and O–H groups in total. The summed E-state index contributed by atoms with van der Waals surface area (Å²) in [6, 6.07) is 37.7. The van der Waals surface area contributed by atoms with Gasteiger partial charge in [0.25, 0.3) is 0 Å². The van der Waals surface area contributed by atoms with Crippen molar-refractivity contribution in [3.63, 3.8) is 0 Å². The van der Waals surface area contributed by atoms with Gasteiger partial charge in [0.15, 0.2) is 0 Å². The summed E-state index contributed by atoms with van der Waals surface area (Å²) < 4.78 is 1.65. The Hall–Kier alpha value is -2.44. The van der Waals surface area contributed by atoms with Gasteiger partial charge in [0.2, 0.25) is 0 Å². The molecule has 5 aromatic rings. The zero-order valence-corrected chi connectivity index (χ0v) is 31.6. The van der Waals surface area contributed by atoms with Crippen molar-refractivity contribution >= 4 is 24.8 Å². The minimum atomic E-state index is 0. The number of fused-ring (bicyclic) bond motifs is 3. The Morgan fingerprint density at radius 2 is 1.18 bits per heavy atom. The second kappa shape index (κ2) is 18.0. The molecule has 5 aromatic carbocycles. The molecular weight excluding hydrogens is 667 g/mol. The van der Waals surface area contributed by atoms with Gasteiger partial charge in [0.05, 0.1) is 0 Å². The molecule has 1 aliphatic rings. The summed E-state index contributed by atoms with van der Waals surface area (Å²) in [5, 5.41) is 5.48. The molecule has 1 aliphatic carbocycles. The van der Waals surface area contributed by atoms with Gasteiger partial charge in [0, 0.05) is 0 Å². The molecule has 0 bridgehead atoms. The van der Waals surface area contributed by atoms with Crippen LogP contribution in [0.5, 0.6) is 0 Å². The Kier molecular flexibility index (Phi) is 15.5. The molecule has 0 nitrogen and oxygen atoms in total. The van der Waals surface area contributed by atoms with Crippen LogP contribution >= 0.6 is 0 Å². The van der Waals surface area contributed by atoms with Crippen molar-refractivity contribution in [2.75, 3.05) is 0 Å². The Bertz CT molecular complexity index is 1600. The molecule has 234 valence electrons. The van der Waals surface area contributed by atoms with Crippen molar-refractivity contribution in [2.24, 2.45) is 0 Å². The third-order valence-corrected chi connectivity index (χ3v) is 8.89. The average Bonchev–Trinajstić information content (AvgIpc) is 3.68. The van der Waals surface area contributed by atoms with E-state index < -0.39 is 0 Å². The Morgan fingerprint density at radius 1 is 0.689 bits per heavy atom. The number of benzene rings is 4. The Labute approximate surface area is 299 Å². The summed E-state index contributed by atoms with van der Waals surface area (Å²) in [5.74, 6) is 0. The summed E-state index contributed by atoms with van der Waals surface area (Å²) in [4.78, 5) is 0.